The summed E-state index contributed by atoms with van der Waals surface area (Å²) in [6.07, 6.45) is -4.24. The third kappa shape index (κ3) is 7.36. The Kier molecular flexibility index (Phi) is 5.94. The lowest BCUT2D eigenvalue weighted by Gasteiger charge is -2.08. The maximum atomic E-state index is 11.7. The van der Waals surface area contributed by atoms with Gasteiger partial charge in [0, 0.05) is 17.6 Å². The van der Waals surface area contributed by atoms with Crippen LogP contribution in [0.5, 0.6) is 0 Å². The molecule has 0 unspecified atom stereocenters. The van der Waals surface area contributed by atoms with Gasteiger partial charge in [-0.3, -0.25) is 0 Å². The van der Waals surface area contributed by atoms with Crippen LogP contribution in [-0.4, -0.2) is 25.9 Å². The second kappa shape index (κ2) is 6.98. The number of rotatable bonds is 6. The summed E-state index contributed by atoms with van der Waals surface area (Å²) in [4.78, 5) is 0. The molecule has 96 valence electrons. The van der Waals surface area contributed by atoms with Gasteiger partial charge in [-0.2, -0.15) is 13.2 Å². The van der Waals surface area contributed by atoms with Gasteiger partial charge in [0.2, 0.25) is 0 Å². The van der Waals surface area contributed by atoms with Gasteiger partial charge in [0.05, 0.1) is 6.61 Å². The molecule has 0 aliphatic heterocycles. The Morgan fingerprint density at radius 3 is 2.41 bits per heavy atom. The Labute approximate surface area is 106 Å². The standard InChI is InChI=1S/C11H13BrF3NO/c12-10-3-1-9(2-4-10)7-16-5-6-17-8-11(13,14)15/h1-4,16H,5-8H2. The van der Waals surface area contributed by atoms with Gasteiger partial charge in [0.25, 0.3) is 0 Å². The summed E-state index contributed by atoms with van der Waals surface area (Å²) >= 11 is 3.32. The lowest BCUT2D eigenvalue weighted by Crippen LogP contribution is -2.23. The normalized spacial score (nSPS) is 11.8. The number of ether oxygens (including phenoxy) is 1. The molecule has 0 bridgehead atoms. The fourth-order valence-corrected chi connectivity index (χ4v) is 1.43. The van der Waals surface area contributed by atoms with Crippen molar-refractivity contribution in [2.45, 2.75) is 12.7 Å². The van der Waals surface area contributed by atoms with Crippen molar-refractivity contribution >= 4 is 15.9 Å². The van der Waals surface area contributed by atoms with Crippen LogP contribution < -0.4 is 5.32 Å². The van der Waals surface area contributed by atoms with Gasteiger partial charge in [0.15, 0.2) is 0 Å². The van der Waals surface area contributed by atoms with Crippen molar-refractivity contribution in [3.63, 3.8) is 0 Å². The van der Waals surface area contributed by atoms with Crippen molar-refractivity contribution in [2.75, 3.05) is 19.8 Å². The first-order valence-electron chi connectivity index (χ1n) is 5.07. The summed E-state index contributed by atoms with van der Waals surface area (Å²) in [7, 11) is 0. The topological polar surface area (TPSA) is 21.3 Å². The van der Waals surface area contributed by atoms with Crippen LogP contribution in [0.15, 0.2) is 28.7 Å². The van der Waals surface area contributed by atoms with Crippen molar-refractivity contribution in [2.24, 2.45) is 0 Å². The monoisotopic (exact) mass is 311 g/mol. The van der Waals surface area contributed by atoms with E-state index in [-0.39, 0.29) is 6.61 Å². The lowest BCUT2D eigenvalue weighted by molar-refractivity contribution is -0.173. The average Bonchev–Trinajstić information content (AvgIpc) is 2.24. The average molecular weight is 312 g/mol. The van der Waals surface area contributed by atoms with Gasteiger partial charge >= 0.3 is 6.18 Å². The number of hydrogen-bond acceptors (Lipinski definition) is 2. The molecule has 0 atom stereocenters. The summed E-state index contributed by atoms with van der Waals surface area (Å²) in [5, 5.41) is 3.00. The number of halogens is 4. The number of nitrogens with one attached hydrogen (secondary N) is 1. The predicted molar refractivity (Wildman–Crippen MR) is 62.7 cm³/mol. The van der Waals surface area contributed by atoms with Gasteiger partial charge in [-0.15, -0.1) is 0 Å². The molecule has 1 rings (SSSR count). The number of alkyl halides is 3. The minimum Gasteiger partial charge on any atom is -0.371 e. The summed E-state index contributed by atoms with van der Waals surface area (Å²) in [6.45, 7) is -0.127. The molecule has 0 aliphatic carbocycles. The van der Waals surface area contributed by atoms with Crippen LogP contribution in [0.25, 0.3) is 0 Å². The zero-order valence-electron chi connectivity index (χ0n) is 9.06. The molecule has 6 heteroatoms. The Morgan fingerprint density at radius 1 is 1.18 bits per heavy atom. The molecule has 0 aliphatic rings. The van der Waals surface area contributed by atoms with Crippen LogP contribution in [0.3, 0.4) is 0 Å². The highest BCUT2D eigenvalue weighted by atomic mass is 79.9. The fourth-order valence-electron chi connectivity index (χ4n) is 1.17. The van der Waals surface area contributed by atoms with Crippen molar-refractivity contribution in [1.82, 2.24) is 5.32 Å². The van der Waals surface area contributed by atoms with Crippen LogP contribution in [0.1, 0.15) is 5.56 Å². The Hall–Kier alpha value is -0.590. The zero-order chi connectivity index (χ0) is 12.7. The Bertz CT molecular complexity index is 326. The van der Waals surface area contributed by atoms with Gasteiger partial charge in [-0.05, 0) is 17.7 Å². The van der Waals surface area contributed by atoms with Gasteiger partial charge in [-0.1, -0.05) is 28.1 Å². The second-order valence-corrected chi connectivity index (χ2v) is 4.39. The summed E-state index contributed by atoms with van der Waals surface area (Å²) < 4.78 is 40.6. The predicted octanol–water partition coefficient (Wildman–Crippen LogP) is 3.12. The van der Waals surface area contributed by atoms with E-state index in [1.807, 2.05) is 24.3 Å². The van der Waals surface area contributed by atoms with Crippen molar-refractivity contribution < 1.29 is 17.9 Å². The van der Waals surface area contributed by atoms with E-state index >= 15 is 0 Å². The maximum Gasteiger partial charge on any atom is 0.411 e. The molecule has 17 heavy (non-hydrogen) atoms. The van der Waals surface area contributed by atoms with E-state index < -0.39 is 12.8 Å². The highest BCUT2D eigenvalue weighted by Gasteiger charge is 2.27. The molecule has 1 N–H and O–H groups in total. The fraction of sp³-hybridized carbons (Fsp3) is 0.455. The van der Waals surface area contributed by atoms with Crippen molar-refractivity contribution in [1.29, 1.82) is 0 Å². The number of hydrogen-bond donors (Lipinski definition) is 1. The minimum atomic E-state index is -4.24. The molecule has 0 saturated carbocycles. The molecule has 0 saturated heterocycles. The first-order valence-corrected chi connectivity index (χ1v) is 5.86. The van der Waals surface area contributed by atoms with E-state index in [9.17, 15) is 13.2 Å². The molecule has 0 radical (unpaired) electrons. The largest absolute Gasteiger partial charge is 0.411 e. The molecular formula is C11H13BrF3NO. The molecule has 2 nitrogen and oxygen atoms in total. The highest BCUT2D eigenvalue weighted by molar-refractivity contribution is 9.10. The Morgan fingerprint density at radius 2 is 1.82 bits per heavy atom. The maximum absolute atomic E-state index is 11.7. The molecular weight excluding hydrogens is 299 g/mol. The first-order chi connectivity index (χ1) is 7.97. The second-order valence-electron chi connectivity index (χ2n) is 3.47. The zero-order valence-corrected chi connectivity index (χ0v) is 10.6. The minimum absolute atomic E-state index is 0.0516. The van der Waals surface area contributed by atoms with Crippen LogP contribution in [0.2, 0.25) is 0 Å². The van der Waals surface area contributed by atoms with Crippen molar-refractivity contribution in [3.05, 3.63) is 34.3 Å². The summed E-state index contributed by atoms with van der Waals surface area (Å²) in [5.41, 5.74) is 1.07. The first kappa shape index (κ1) is 14.5. The summed E-state index contributed by atoms with van der Waals surface area (Å²) in [6, 6.07) is 7.70. The van der Waals surface area contributed by atoms with E-state index in [1.165, 1.54) is 0 Å². The van der Waals surface area contributed by atoms with E-state index in [4.69, 9.17) is 0 Å². The van der Waals surface area contributed by atoms with Gasteiger partial charge in [-0.25, -0.2) is 0 Å². The van der Waals surface area contributed by atoms with E-state index in [0.717, 1.165) is 10.0 Å². The molecule has 0 aromatic heterocycles. The quantitative estimate of drug-likeness (QED) is 0.815. The third-order valence-corrected chi connectivity index (χ3v) is 2.46. The lowest BCUT2D eigenvalue weighted by atomic mass is 10.2. The molecule has 0 heterocycles. The number of benzene rings is 1. The molecule has 1 aromatic rings. The Balaban J connectivity index is 2.07. The third-order valence-electron chi connectivity index (χ3n) is 1.93. The van der Waals surface area contributed by atoms with Crippen LogP contribution in [0, 0.1) is 0 Å². The smallest absolute Gasteiger partial charge is 0.371 e. The van der Waals surface area contributed by atoms with E-state index in [1.54, 1.807) is 0 Å². The van der Waals surface area contributed by atoms with Crippen molar-refractivity contribution in [3.8, 4) is 0 Å². The van der Waals surface area contributed by atoms with E-state index in [2.05, 4.69) is 26.0 Å². The van der Waals surface area contributed by atoms with Crippen LogP contribution >= 0.6 is 15.9 Å². The van der Waals surface area contributed by atoms with Crippen LogP contribution in [-0.2, 0) is 11.3 Å². The van der Waals surface area contributed by atoms with Gasteiger partial charge in [0.1, 0.15) is 6.61 Å². The molecule has 0 spiro atoms. The van der Waals surface area contributed by atoms with Crippen LogP contribution in [0.4, 0.5) is 13.2 Å². The SMILES string of the molecule is FC(F)(F)COCCNCc1ccc(Br)cc1. The molecule has 0 amide bonds. The summed E-state index contributed by atoms with van der Waals surface area (Å²) in [5.74, 6) is 0. The molecule has 1 aromatic carbocycles. The van der Waals surface area contributed by atoms with Gasteiger partial charge < -0.3 is 10.1 Å². The van der Waals surface area contributed by atoms with E-state index in [0.29, 0.717) is 13.1 Å². The molecule has 0 fully saturated rings. The highest BCUT2D eigenvalue weighted by Crippen LogP contribution is 2.14.